The van der Waals surface area contributed by atoms with E-state index in [1.807, 2.05) is 12.5 Å². The molecule has 0 amide bonds. The van der Waals surface area contributed by atoms with Crippen LogP contribution in [0.2, 0.25) is 11.9 Å². The Kier molecular flexibility index (Phi) is 9.08. The summed E-state index contributed by atoms with van der Waals surface area (Å²) in [6.45, 7) is 2.72. The van der Waals surface area contributed by atoms with Gasteiger partial charge in [-0.2, -0.15) is 0 Å². The van der Waals surface area contributed by atoms with E-state index in [0.717, 1.165) is 18.0 Å². The minimum Gasteiger partial charge on any atom is -0.340 e. The minimum absolute atomic E-state index is 0.613. The van der Waals surface area contributed by atoms with Crippen LogP contribution in [-0.4, -0.2) is 24.3 Å². The molecule has 1 fully saturated rings. The van der Waals surface area contributed by atoms with E-state index in [4.69, 9.17) is 0 Å². The third-order valence-electron chi connectivity index (χ3n) is 7.78. The van der Waals surface area contributed by atoms with Crippen LogP contribution in [0.25, 0.3) is 0 Å². The molecule has 6 rings (SSSR count). The van der Waals surface area contributed by atoms with Crippen LogP contribution >= 0.6 is 0 Å². The molecule has 0 radical (unpaired) electrons. The highest BCUT2D eigenvalue weighted by Gasteiger charge is 2.37. The fourth-order valence-electron chi connectivity index (χ4n) is 5.66. The predicted octanol–water partition coefficient (Wildman–Crippen LogP) is 5.72. The molecule has 0 spiro atoms. The predicted molar refractivity (Wildman–Crippen MR) is 171 cm³/mol. The lowest BCUT2D eigenvalue weighted by molar-refractivity contribution is 0.855. The highest BCUT2D eigenvalue weighted by atomic mass is 28.3. The van der Waals surface area contributed by atoms with Gasteiger partial charge in [-0.05, 0) is 13.0 Å². The van der Waals surface area contributed by atoms with Gasteiger partial charge in [-0.15, -0.1) is 0 Å². The number of allylic oxidation sites excluding steroid dienone is 2. The first-order valence-corrected chi connectivity index (χ1v) is 16.5. The molecule has 1 aliphatic rings. The van der Waals surface area contributed by atoms with E-state index >= 15 is 0 Å². The summed E-state index contributed by atoms with van der Waals surface area (Å²) in [6, 6.07) is 44.9. The fourth-order valence-corrected chi connectivity index (χ4v) is 10.1. The van der Waals surface area contributed by atoms with Crippen molar-refractivity contribution in [1.82, 2.24) is 9.55 Å². The standard InChI is InChI=1S/C20H22N2Si.C15H15B/c1-2-3-16-23(18-22-15-14-21-17-22,19-10-6-4-7-11-19)20-12-8-5-9-13-20;1-3-7-13(8-4-1)16(15-11-12-15)14-9-5-2-6-10-14/h2-15,17H,16,18H2,1H3;1-10,15H,11-12H2. The lowest BCUT2D eigenvalue weighted by atomic mass is 9.37. The fraction of sp³-hybridized carbons (Fsp3) is 0.171. The van der Waals surface area contributed by atoms with Crippen LogP contribution in [0.5, 0.6) is 0 Å². The van der Waals surface area contributed by atoms with Crippen LogP contribution in [0.15, 0.2) is 152 Å². The third-order valence-corrected chi connectivity index (χ3v) is 12.5. The van der Waals surface area contributed by atoms with Crippen LogP contribution in [0.4, 0.5) is 0 Å². The summed E-state index contributed by atoms with van der Waals surface area (Å²) in [5.41, 5.74) is 2.94. The van der Waals surface area contributed by atoms with Gasteiger partial charge in [-0.3, -0.25) is 0 Å². The van der Waals surface area contributed by atoms with E-state index in [2.05, 4.69) is 156 Å². The highest BCUT2D eigenvalue weighted by molar-refractivity contribution is 7.01. The summed E-state index contributed by atoms with van der Waals surface area (Å²) in [7, 11) is -1.94. The number of hydrogen-bond donors (Lipinski definition) is 0. The molecule has 0 saturated heterocycles. The topological polar surface area (TPSA) is 17.8 Å². The third kappa shape index (κ3) is 6.76. The Morgan fingerprint density at radius 3 is 1.64 bits per heavy atom. The lowest BCUT2D eigenvalue weighted by Crippen LogP contribution is -2.61. The van der Waals surface area contributed by atoms with Crippen molar-refractivity contribution in [1.29, 1.82) is 0 Å². The number of rotatable bonds is 9. The second kappa shape index (κ2) is 13.3. The number of imidazole rings is 1. The largest absolute Gasteiger partial charge is 0.340 e. The van der Waals surface area contributed by atoms with Gasteiger partial charge < -0.3 is 4.57 Å². The van der Waals surface area contributed by atoms with Crippen LogP contribution in [-0.2, 0) is 6.17 Å². The molecule has 1 aromatic heterocycles. The Hall–Kier alpha value is -3.89. The van der Waals surface area contributed by atoms with Crippen molar-refractivity contribution in [3.05, 3.63) is 152 Å². The quantitative estimate of drug-likeness (QED) is 0.178. The van der Waals surface area contributed by atoms with E-state index in [-0.39, 0.29) is 0 Å². The first-order chi connectivity index (χ1) is 19.3. The summed E-state index contributed by atoms with van der Waals surface area (Å²) in [6.07, 6.45) is 14.1. The van der Waals surface area contributed by atoms with Crippen molar-refractivity contribution in [2.24, 2.45) is 0 Å². The molecule has 4 heteroatoms. The number of benzene rings is 4. The second-order valence-electron chi connectivity index (χ2n) is 10.5. The molecule has 1 aliphatic carbocycles. The van der Waals surface area contributed by atoms with Crippen LogP contribution in [0.3, 0.4) is 0 Å². The number of aromatic nitrogens is 2. The smallest absolute Gasteiger partial charge is 0.212 e. The zero-order valence-electron chi connectivity index (χ0n) is 22.8. The zero-order chi connectivity index (χ0) is 26.8. The number of hydrogen-bond acceptors (Lipinski definition) is 1. The summed E-state index contributed by atoms with van der Waals surface area (Å²) in [5, 5.41) is 2.94. The number of nitrogens with zero attached hydrogens (tertiary/aromatic N) is 2. The molecular weight excluding hydrogens is 487 g/mol. The van der Waals surface area contributed by atoms with Gasteiger partial charge >= 0.3 is 0 Å². The molecule has 0 aliphatic heterocycles. The summed E-state index contributed by atoms with van der Waals surface area (Å²) < 4.78 is 2.23. The first-order valence-electron chi connectivity index (χ1n) is 14.1. The van der Waals surface area contributed by atoms with Gasteiger partial charge in [0.2, 0.25) is 6.71 Å². The molecule has 0 atom stereocenters. The van der Waals surface area contributed by atoms with Gasteiger partial charge in [0.1, 0.15) is 8.07 Å². The minimum atomic E-state index is -1.94. The normalized spacial score (nSPS) is 13.1. The maximum Gasteiger partial charge on any atom is 0.212 e. The summed E-state index contributed by atoms with van der Waals surface area (Å²) >= 11 is 0. The second-order valence-corrected chi connectivity index (χ2v) is 14.5. The van der Waals surface area contributed by atoms with Gasteiger partial charge in [0.05, 0.1) is 6.33 Å². The van der Waals surface area contributed by atoms with Gasteiger partial charge in [0.25, 0.3) is 0 Å². The maximum absolute atomic E-state index is 4.24. The lowest BCUT2D eigenvalue weighted by Gasteiger charge is -2.32. The van der Waals surface area contributed by atoms with Crippen molar-refractivity contribution >= 4 is 36.1 Å². The highest BCUT2D eigenvalue weighted by Crippen LogP contribution is 2.38. The maximum atomic E-state index is 4.24. The molecule has 5 aromatic rings. The molecular formula is C35H37BN2Si. The Morgan fingerprint density at radius 2 is 1.23 bits per heavy atom. The van der Waals surface area contributed by atoms with E-state index in [0.29, 0.717) is 6.71 Å². The van der Waals surface area contributed by atoms with Crippen molar-refractivity contribution in [2.45, 2.75) is 37.8 Å². The van der Waals surface area contributed by atoms with E-state index < -0.39 is 8.07 Å². The van der Waals surface area contributed by atoms with Gasteiger partial charge in [-0.25, -0.2) is 4.98 Å². The van der Waals surface area contributed by atoms with Gasteiger partial charge in [0.15, 0.2) is 0 Å². The molecule has 4 aromatic carbocycles. The van der Waals surface area contributed by atoms with Crippen LogP contribution < -0.4 is 21.3 Å². The van der Waals surface area contributed by atoms with E-state index in [9.17, 15) is 0 Å². The van der Waals surface area contributed by atoms with E-state index in [1.165, 1.54) is 34.1 Å². The molecule has 39 heavy (non-hydrogen) atoms. The summed E-state index contributed by atoms with van der Waals surface area (Å²) in [5.74, 6) is 0.866. The molecule has 0 N–H and O–H groups in total. The average Bonchev–Trinajstić information content (AvgIpc) is 3.71. The summed E-state index contributed by atoms with van der Waals surface area (Å²) in [4.78, 5) is 4.24. The van der Waals surface area contributed by atoms with Crippen LogP contribution in [0, 0.1) is 0 Å². The Labute approximate surface area is 235 Å². The van der Waals surface area contributed by atoms with Crippen molar-refractivity contribution in [2.75, 3.05) is 0 Å². The Morgan fingerprint density at radius 1 is 0.744 bits per heavy atom. The Balaban J connectivity index is 0.000000168. The Bertz CT molecular complexity index is 1320. The van der Waals surface area contributed by atoms with Gasteiger partial charge in [-0.1, -0.05) is 173 Å². The van der Waals surface area contributed by atoms with Crippen molar-refractivity contribution < 1.29 is 0 Å². The van der Waals surface area contributed by atoms with Crippen molar-refractivity contribution in [3.63, 3.8) is 0 Å². The first kappa shape index (κ1) is 26.7. The SMILES string of the molecule is CC=CC[Si](Cn1ccnc1)(c1ccccc1)c1ccccc1.c1ccc(B(c2ccccc2)C2CC2)cc1. The molecule has 0 bridgehead atoms. The monoisotopic (exact) mass is 524 g/mol. The zero-order valence-corrected chi connectivity index (χ0v) is 23.8. The van der Waals surface area contributed by atoms with E-state index in [1.54, 1.807) is 0 Å². The molecule has 1 heterocycles. The molecule has 194 valence electrons. The van der Waals surface area contributed by atoms with Gasteiger partial charge in [0, 0.05) is 18.6 Å². The molecule has 2 nitrogen and oxygen atoms in total. The average molecular weight is 525 g/mol. The van der Waals surface area contributed by atoms with Crippen LogP contribution in [0.1, 0.15) is 19.8 Å². The molecule has 0 unspecified atom stereocenters. The molecule has 1 saturated carbocycles. The van der Waals surface area contributed by atoms with Crippen molar-refractivity contribution in [3.8, 4) is 0 Å².